The number of hydrogen-bond acceptors (Lipinski definition) is 4. The van der Waals surface area contributed by atoms with Crippen LogP contribution in [0.25, 0.3) is 0 Å². The van der Waals surface area contributed by atoms with Crippen molar-refractivity contribution in [2.75, 3.05) is 13.1 Å². The molecule has 1 rings (SSSR count). The quantitative estimate of drug-likeness (QED) is 0.804. The fraction of sp³-hybridized carbons (Fsp3) is 0.692. The lowest BCUT2D eigenvalue weighted by molar-refractivity contribution is -0.117. The molecular weight excluding hydrogens is 266 g/mol. The van der Waals surface area contributed by atoms with Gasteiger partial charge in [0.25, 0.3) is 0 Å². The Morgan fingerprint density at radius 2 is 1.94 bits per heavy atom. The fourth-order valence-electron chi connectivity index (χ4n) is 2.02. The average molecular weight is 287 g/mol. The summed E-state index contributed by atoms with van der Waals surface area (Å²) in [5.74, 6) is 0.194. The number of aliphatic hydroxyl groups is 1. The number of aliphatic hydroxyl groups excluding tert-OH is 1. The number of thioether (sulfide) groups is 1. The van der Waals surface area contributed by atoms with Crippen LogP contribution in [0.15, 0.2) is 10.7 Å². The number of hydrogen-bond donors (Lipinski definition) is 1. The number of rotatable bonds is 3. The Bertz CT molecular complexity index is 384. The van der Waals surface area contributed by atoms with Gasteiger partial charge in [0.05, 0.1) is 4.91 Å². The van der Waals surface area contributed by atoms with E-state index in [0.29, 0.717) is 22.1 Å². The smallest absolute Gasteiger partial charge is 0.173 e. The highest BCUT2D eigenvalue weighted by molar-refractivity contribution is 8.26. The standard InChI is InChI=1S/C13H21NO2S2/c1-5-14(6-2)12(17)18-11-9(15)7-13(3,4)8-10(11)16/h15H,5-8H2,1-4H3. The number of Topliss-reactive ketones (excluding diaryl/α,β-unsaturated/α-hetero) is 1. The van der Waals surface area contributed by atoms with E-state index in [1.807, 2.05) is 32.6 Å². The first kappa shape index (κ1) is 15.5. The minimum atomic E-state index is -0.151. The summed E-state index contributed by atoms with van der Waals surface area (Å²) in [5.41, 5.74) is -0.151. The van der Waals surface area contributed by atoms with Crippen LogP contribution in [-0.4, -0.2) is 33.2 Å². The van der Waals surface area contributed by atoms with Crippen molar-refractivity contribution in [1.29, 1.82) is 0 Å². The maximum absolute atomic E-state index is 12.0. The molecule has 3 nitrogen and oxygen atoms in total. The molecule has 0 saturated heterocycles. The third-order valence-corrected chi connectivity index (χ3v) is 4.62. The predicted octanol–water partition coefficient (Wildman–Crippen LogP) is 3.51. The largest absolute Gasteiger partial charge is 0.511 e. The van der Waals surface area contributed by atoms with Gasteiger partial charge in [0.1, 0.15) is 10.1 Å². The molecule has 0 radical (unpaired) electrons. The van der Waals surface area contributed by atoms with Gasteiger partial charge in [-0.3, -0.25) is 4.79 Å². The molecule has 0 atom stereocenters. The van der Waals surface area contributed by atoms with Gasteiger partial charge in [0.15, 0.2) is 5.78 Å². The van der Waals surface area contributed by atoms with E-state index in [2.05, 4.69) is 0 Å². The average Bonchev–Trinajstić information content (AvgIpc) is 2.24. The van der Waals surface area contributed by atoms with E-state index in [1.165, 1.54) is 11.8 Å². The van der Waals surface area contributed by atoms with E-state index >= 15 is 0 Å². The van der Waals surface area contributed by atoms with Gasteiger partial charge >= 0.3 is 0 Å². The van der Waals surface area contributed by atoms with Crippen molar-refractivity contribution in [2.24, 2.45) is 5.41 Å². The molecule has 0 fully saturated rings. The lowest BCUT2D eigenvalue weighted by atomic mass is 9.79. The highest BCUT2D eigenvalue weighted by Crippen LogP contribution is 2.40. The van der Waals surface area contributed by atoms with Crippen molar-refractivity contribution >= 4 is 34.1 Å². The van der Waals surface area contributed by atoms with E-state index in [1.54, 1.807) is 0 Å². The molecule has 102 valence electrons. The Morgan fingerprint density at radius 3 is 2.39 bits per heavy atom. The Kier molecular flexibility index (Phi) is 5.22. The zero-order valence-electron chi connectivity index (χ0n) is 11.4. The second-order valence-electron chi connectivity index (χ2n) is 5.26. The first-order chi connectivity index (χ1) is 8.30. The first-order valence-electron chi connectivity index (χ1n) is 6.22. The second-order valence-corrected chi connectivity index (χ2v) is 6.90. The number of nitrogens with zero attached hydrogens (tertiary/aromatic N) is 1. The molecule has 0 aromatic carbocycles. The molecule has 0 aliphatic heterocycles. The summed E-state index contributed by atoms with van der Waals surface area (Å²) in [6.45, 7) is 9.66. The predicted molar refractivity (Wildman–Crippen MR) is 80.8 cm³/mol. The highest BCUT2D eigenvalue weighted by atomic mass is 32.2. The molecule has 1 aliphatic carbocycles. The van der Waals surface area contributed by atoms with E-state index < -0.39 is 0 Å². The number of ketones is 1. The van der Waals surface area contributed by atoms with E-state index in [0.717, 1.165) is 13.1 Å². The highest BCUT2D eigenvalue weighted by Gasteiger charge is 2.34. The zero-order valence-corrected chi connectivity index (χ0v) is 13.1. The molecule has 5 heteroatoms. The third-order valence-electron chi connectivity index (χ3n) is 3.01. The molecule has 0 amide bonds. The van der Waals surface area contributed by atoms with Gasteiger partial charge in [-0.05, 0) is 19.3 Å². The number of thiocarbonyl (C=S) groups is 1. The Hall–Kier alpha value is -0.550. The fourth-order valence-corrected chi connectivity index (χ4v) is 3.47. The Balaban J connectivity index is 2.84. The van der Waals surface area contributed by atoms with E-state index in [-0.39, 0.29) is 17.0 Å². The van der Waals surface area contributed by atoms with Crippen LogP contribution < -0.4 is 0 Å². The van der Waals surface area contributed by atoms with Gasteiger partial charge in [0.2, 0.25) is 0 Å². The van der Waals surface area contributed by atoms with Gasteiger partial charge in [-0.25, -0.2) is 0 Å². The molecule has 0 bridgehead atoms. The van der Waals surface area contributed by atoms with Crippen LogP contribution in [0.3, 0.4) is 0 Å². The maximum Gasteiger partial charge on any atom is 0.173 e. The molecule has 0 unspecified atom stereocenters. The molecule has 0 spiro atoms. The van der Waals surface area contributed by atoms with Gasteiger partial charge in [-0.1, -0.05) is 37.8 Å². The van der Waals surface area contributed by atoms with E-state index in [9.17, 15) is 9.90 Å². The van der Waals surface area contributed by atoms with Crippen molar-refractivity contribution in [2.45, 2.75) is 40.5 Å². The van der Waals surface area contributed by atoms with Gasteiger partial charge < -0.3 is 10.0 Å². The lowest BCUT2D eigenvalue weighted by Gasteiger charge is -2.30. The Morgan fingerprint density at radius 1 is 1.39 bits per heavy atom. The van der Waals surface area contributed by atoms with Crippen LogP contribution in [0.4, 0.5) is 0 Å². The topological polar surface area (TPSA) is 40.5 Å². The molecular formula is C13H21NO2S2. The molecule has 0 saturated carbocycles. The van der Waals surface area contributed by atoms with E-state index in [4.69, 9.17) is 12.2 Å². The monoisotopic (exact) mass is 287 g/mol. The summed E-state index contributed by atoms with van der Waals surface area (Å²) in [7, 11) is 0. The van der Waals surface area contributed by atoms with Gasteiger partial charge in [-0.2, -0.15) is 0 Å². The van der Waals surface area contributed by atoms with Crippen molar-refractivity contribution < 1.29 is 9.90 Å². The lowest BCUT2D eigenvalue weighted by Crippen LogP contribution is -2.29. The molecule has 0 aromatic rings. The zero-order chi connectivity index (χ0) is 13.9. The maximum atomic E-state index is 12.0. The molecule has 18 heavy (non-hydrogen) atoms. The summed E-state index contributed by atoms with van der Waals surface area (Å²) < 4.78 is 0.662. The van der Waals surface area contributed by atoms with Crippen molar-refractivity contribution in [3.05, 3.63) is 10.7 Å². The van der Waals surface area contributed by atoms with Crippen LogP contribution in [-0.2, 0) is 4.79 Å². The SMILES string of the molecule is CCN(CC)C(=S)SC1=C(O)CC(C)(C)CC1=O. The molecule has 1 N–H and O–H groups in total. The summed E-state index contributed by atoms with van der Waals surface area (Å²) in [4.78, 5) is 14.5. The van der Waals surface area contributed by atoms with Gasteiger partial charge in [0, 0.05) is 25.9 Å². The summed E-state index contributed by atoms with van der Waals surface area (Å²) in [6, 6.07) is 0. The number of carbonyl (C=O) groups is 1. The minimum Gasteiger partial charge on any atom is -0.511 e. The van der Waals surface area contributed by atoms with Crippen molar-refractivity contribution in [3.8, 4) is 0 Å². The molecule has 0 heterocycles. The molecule has 1 aliphatic rings. The number of carbonyl (C=O) groups excluding carboxylic acids is 1. The summed E-state index contributed by atoms with van der Waals surface area (Å²) in [5, 5.41) is 10.0. The van der Waals surface area contributed by atoms with Crippen LogP contribution >= 0.6 is 24.0 Å². The van der Waals surface area contributed by atoms with Crippen molar-refractivity contribution in [1.82, 2.24) is 4.90 Å². The van der Waals surface area contributed by atoms with Gasteiger partial charge in [-0.15, -0.1) is 0 Å². The molecule has 0 aromatic heterocycles. The van der Waals surface area contributed by atoms with Crippen LogP contribution in [0.2, 0.25) is 0 Å². The van der Waals surface area contributed by atoms with Crippen LogP contribution in [0.1, 0.15) is 40.5 Å². The van der Waals surface area contributed by atoms with Crippen molar-refractivity contribution in [3.63, 3.8) is 0 Å². The first-order valence-corrected chi connectivity index (χ1v) is 7.45. The second kappa shape index (κ2) is 6.06. The van der Waals surface area contributed by atoms with Crippen LogP contribution in [0.5, 0.6) is 0 Å². The normalized spacial score (nSPS) is 19.0. The summed E-state index contributed by atoms with van der Waals surface area (Å²) >= 11 is 6.54. The Labute approximate surface area is 119 Å². The number of allylic oxidation sites excluding steroid dienone is 2. The summed E-state index contributed by atoms with van der Waals surface area (Å²) in [6.07, 6.45) is 1.02. The third kappa shape index (κ3) is 3.72. The van der Waals surface area contributed by atoms with Crippen LogP contribution in [0, 0.1) is 5.41 Å². The minimum absolute atomic E-state index is 0.00301.